The number of aromatic nitrogens is 2. The maximum Gasteiger partial charge on any atom is 0.276 e. The molecule has 2 rings (SSSR count). The van der Waals surface area contributed by atoms with Crippen molar-refractivity contribution in [3.05, 3.63) is 42.2 Å². The number of nitrogens with zero attached hydrogens (tertiary/aromatic N) is 2. The molecule has 0 bridgehead atoms. The molecule has 0 spiro atoms. The fourth-order valence-corrected chi connectivity index (χ4v) is 1.58. The van der Waals surface area contributed by atoms with Gasteiger partial charge in [0, 0.05) is 18.9 Å². The molecular weight excluding hydrogens is 276 g/mol. The van der Waals surface area contributed by atoms with Crippen molar-refractivity contribution in [3.63, 3.8) is 0 Å². The number of carbonyl (C=O) groups is 1. The van der Waals surface area contributed by atoms with Crippen LogP contribution in [0.15, 0.2) is 36.5 Å². The number of anilines is 1. The SMILES string of the molecule is Cn1ccc(C(=O)Nc2ccc(OCC(N)=S)cc2)n1. The van der Waals surface area contributed by atoms with Gasteiger partial charge in [0.2, 0.25) is 0 Å². The molecule has 0 saturated carbocycles. The van der Waals surface area contributed by atoms with Gasteiger partial charge in [-0.05, 0) is 30.3 Å². The smallest absolute Gasteiger partial charge is 0.276 e. The van der Waals surface area contributed by atoms with Crippen LogP contribution in [0.5, 0.6) is 5.75 Å². The van der Waals surface area contributed by atoms with E-state index in [9.17, 15) is 4.79 Å². The van der Waals surface area contributed by atoms with Gasteiger partial charge < -0.3 is 15.8 Å². The topological polar surface area (TPSA) is 82.2 Å². The molecule has 7 heteroatoms. The summed E-state index contributed by atoms with van der Waals surface area (Å²) in [6.45, 7) is 0.189. The zero-order chi connectivity index (χ0) is 14.5. The molecule has 0 aliphatic rings. The maximum absolute atomic E-state index is 11.9. The van der Waals surface area contributed by atoms with E-state index in [1.807, 2.05) is 0 Å². The van der Waals surface area contributed by atoms with Crippen molar-refractivity contribution in [1.82, 2.24) is 9.78 Å². The second-order valence-electron chi connectivity index (χ2n) is 4.11. The fraction of sp³-hybridized carbons (Fsp3) is 0.154. The van der Waals surface area contributed by atoms with E-state index in [0.29, 0.717) is 17.1 Å². The Bertz CT molecular complexity index is 622. The lowest BCUT2D eigenvalue weighted by Gasteiger charge is -2.07. The van der Waals surface area contributed by atoms with E-state index in [0.717, 1.165) is 0 Å². The third-order valence-electron chi connectivity index (χ3n) is 2.44. The molecular formula is C13H14N4O2S. The van der Waals surface area contributed by atoms with Crippen molar-refractivity contribution in [3.8, 4) is 5.75 Å². The minimum atomic E-state index is -0.262. The summed E-state index contributed by atoms with van der Waals surface area (Å²) >= 11 is 4.72. The van der Waals surface area contributed by atoms with Gasteiger partial charge >= 0.3 is 0 Å². The van der Waals surface area contributed by atoms with Crippen LogP contribution < -0.4 is 15.8 Å². The van der Waals surface area contributed by atoms with Crippen molar-refractivity contribution in [2.45, 2.75) is 0 Å². The quantitative estimate of drug-likeness (QED) is 0.812. The number of carbonyl (C=O) groups excluding carboxylic acids is 1. The van der Waals surface area contributed by atoms with Crippen LogP contribution in [0.1, 0.15) is 10.5 Å². The second kappa shape index (κ2) is 6.16. The molecule has 3 N–H and O–H groups in total. The molecule has 1 aromatic heterocycles. The van der Waals surface area contributed by atoms with Gasteiger partial charge in [-0.25, -0.2) is 0 Å². The van der Waals surface area contributed by atoms with Crippen molar-refractivity contribution in [2.24, 2.45) is 12.8 Å². The Balaban J connectivity index is 1.96. The lowest BCUT2D eigenvalue weighted by Crippen LogP contribution is -2.17. The molecule has 0 atom stereocenters. The molecule has 1 heterocycles. The number of thiocarbonyl (C=S) groups is 1. The molecule has 1 amide bonds. The summed E-state index contributed by atoms with van der Waals surface area (Å²) in [5, 5.41) is 6.77. The molecule has 0 aliphatic carbocycles. The number of nitrogens with one attached hydrogen (secondary N) is 1. The van der Waals surface area contributed by atoms with Crippen LogP contribution in [0.25, 0.3) is 0 Å². The summed E-state index contributed by atoms with van der Waals surface area (Å²) in [6.07, 6.45) is 1.71. The van der Waals surface area contributed by atoms with Crippen LogP contribution in [0.2, 0.25) is 0 Å². The number of rotatable bonds is 5. The summed E-state index contributed by atoms with van der Waals surface area (Å²) in [5.41, 5.74) is 6.36. The highest BCUT2D eigenvalue weighted by atomic mass is 32.1. The Morgan fingerprint density at radius 3 is 2.65 bits per heavy atom. The summed E-state index contributed by atoms with van der Waals surface area (Å²) in [4.78, 5) is 12.2. The summed E-state index contributed by atoms with van der Waals surface area (Å²) in [5.74, 6) is 0.371. The average Bonchev–Trinajstić information content (AvgIpc) is 2.85. The third kappa shape index (κ3) is 3.79. The van der Waals surface area contributed by atoms with E-state index in [1.54, 1.807) is 48.3 Å². The number of hydrogen-bond donors (Lipinski definition) is 2. The zero-order valence-electron chi connectivity index (χ0n) is 10.9. The predicted octanol–water partition coefficient (Wildman–Crippen LogP) is 1.34. The summed E-state index contributed by atoms with van der Waals surface area (Å²) in [7, 11) is 1.75. The molecule has 20 heavy (non-hydrogen) atoms. The number of benzene rings is 1. The van der Waals surface area contributed by atoms with Crippen LogP contribution in [-0.2, 0) is 7.05 Å². The molecule has 0 radical (unpaired) electrons. The van der Waals surface area contributed by atoms with E-state index in [4.69, 9.17) is 22.7 Å². The second-order valence-corrected chi connectivity index (χ2v) is 4.63. The van der Waals surface area contributed by atoms with Crippen LogP contribution in [0.3, 0.4) is 0 Å². The van der Waals surface area contributed by atoms with E-state index < -0.39 is 0 Å². The lowest BCUT2D eigenvalue weighted by molar-refractivity contribution is 0.102. The molecule has 0 unspecified atom stereocenters. The first kappa shape index (κ1) is 14.0. The van der Waals surface area contributed by atoms with Gasteiger partial charge in [-0.2, -0.15) is 5.10 Å². The largest absolute Gasteiger partial charge is 0.487 e. The van der Waals surface area contributed by atoms with E-state index in [-0.39, 0.29) is 17.5 Å². The number of aryl methyl sites for hydroxylation is 1. The number of nitrogens with two attached hydrogens (primary N) is 1. The normalized spacial score (nSPS) is 10.1. The molecule has 0 aliphatic heterocycles. The standard InChI is InChI=1S/C13H14N4O2S/c1-17-7-6-11(16-17)13(18)15-9-2-4-10(5-3-9)19-8-12(14)20/h2-7H,8H2,1H3,(H2,14,20)(H,15,18). The predicted molar refractivity (Wildman–Crippen MR) is 79.9 cm³/mol. The number of ether oxygens (including phenoxy) is 1. The monoisotopic (exact) mass is 290 g/mol. The average molecular weight is 290 g/mol. The summed E-state index contributed by atoms with van der Waals surface area (Å²) < 4.78 is 6.89. The zero-order valence-corrected chi connectivity index (χ0v) is 11.7. The van der Waals surface area contributed by atoms with Crippen molar-refractivity contribution < 1.29 is 9.53 Å². The Morgan fingerprint density at radius 1 is 1.40 bits per heavy atom. The van der Waals surface area contributed by atoms with Crippen LogP contribution in [0, 0.1) is 0 Å². The first-order valence-corrected chi connectivity index (χ1v) is 6.27. The molecule has 0 saturated heterocycles. The molecule has 2 aromatic rings. The summed E-state index contributed by atoms with van der Waals surface area (Å²) in [6, 6.07) is 8.57. The van der Waals surface area contributed by atoms with Crippen molar-refractivity contribution in [1.29, 1.82) is 0 Å². The molecule has 104 valence electrons. The third-order valence-corrected chi connectivity index (χ3v) is 2.56. The molecule has 1 aromatic carbocycles. The minimum absolute atomic E-state index is 0.189. The van der Waals surface area contributed by atoms with Gasteiger partial charge in [-0.1, -0.05) is 12.2 Å². The highest BCUT2D eigenvalue weighted by Crippen LogP contribution is 2.16. The number of amides is 1. The van der Waals surface area contributed by atoms with E-state index in [1.165, 1.54) is 0 Å². The van der Waals surface area contributed by atoms with Crippen LogP contribution in [-0.4, -0.2) is 27.3 Å². The molecule has 0 fully saturated rings. The maximum atomic E-state index is 11.9. The highest BCUT2D eigenvalue weighted by molar-refractivity contribution is 7.80. The van der Waals surface area contributed by atoms with Gasteiger partial charge in [0.1, 0.15) is 17.3 Å². The van der Waals surface area contributed by atoms with Gasteiger partial charge in [-0.3, -0.25) is 9.48 Å². The first-order valence-electron chi connectivity index (χ1n) is 5.87. The van der Waals surface area contributed by atoms with Crippen LogP contribution in [0.4, 0.5) is 5.69 Å². The van der Waals surface area contributed by atoms with Gasteiger partial charge in [0.05, 0.1) is 0 Å². The van der Waals surface area contributed by atoms with E-state index >= 15 is 0 Å². The van der Waals surface area contributed by atoms with Crippen LogP contribution >= 0.6 is 12.2 Å². The van der Waals surface area contributed by atoms with Gasteiger partial charge in [0.15, 0.2) is 5.69 Å². The Kier molecular flexibility index (Phi) is 4.31. The lowest BCUT2D eigenvalue weighted by atomic mass is 10.3. The Morgan fingerprint density at radius 2 is 2.10 bits per heavy atom. The number of hydrogen-bond acceptors (Lipinski definition) is 4. The Hall–Kier alpha value is -2.41. The fourth-order valence-electron chi connectivity index (χ4n) is 1.52. The van der Waals surface area contributed by atoms with Crippen molar-refractivity contribution >= 4 is 28.8 Å². The van der Waals surface area contributed by atoms with Crippen molar-refractivity contribution in [2.75, 3.05) is 11.9 Å². The minimum Gasteiger partial charge on any atom is -0.487 e. The van der Waals surface area contributed by atoms with Gasteiger partial charge in [-0.15, -0.1) is 0 Å². The van der Waals surface area contributed by atoms with E-state index in [2.05, 4.69) is 10.4 Å². The first-order chi connectivity index (χ1) is 9.54. The highest BCUT2D eigenvalue weighted by Gasteiger charge is 2.08. The van der Waals surface area contributed by atoms with Gasteiger partial charge in [0.25, 0.3) is 5.91 Å². The molecule has 6 nitrogen and oxygen atoms in total. The Labute approximate surface area is 121 Å².